The molecule has 0 saturated carbocycles. The molecule has 1 heterocycles. The van der Waals surface area contributed by atoms with E-state index in [1.807, 2.05) is 0 Å². The predicted octanol–water partition coefficient (Wildman–Crippen LogP) is 2.28. The molecule has 0 spiro atoms. The zero-order valence-corrected chi connectivity index (χ0v) is 9.46. The van der Waals surface area contributed by atoms with Crippen molar-refractivity contribution in [2.24, 2.45) is 5.10 Å². The Labute approximate surface area is 103 Å². The van der Waals surface area contributed by atoms with E-state index < -0.39 is 0 Å². The van der Waals surface area contributed by atoms with Crippen LogP contribution in [0.5, 0.6) is 5.75 Å². The highest BCUT2D eigenvalue weighted by atomic mass is 35.5. The highest BCUT2D eigenvalue weighted by molar-refractivity contribution is 6.31. The van der Waals surface area contributed by atoms with Crippen LogP contribution in [0.1, 0.15) is 5.56 Å². The number of phenols is 1. The Kier molecular flexibility index (Phi) is 3.52. The third-order valence-corrected chi connectivity index (χ3v) is 2.21. The Morgan fingerprint density at radius 1 is 1.18 bits per heavy atom. The van der Waals surface area contributed by atoms with Gasteiger partial charge in [0.25, 0.3) is 0 Å². The largest absolute Gasteiger partial charge is 0.508 e. The van der Waals surface area contributed by atoms with E-state index in [9.17, 15) is 0 Å². The molecule has 0 amide bonds. The summed E-state index contributed by atoms with van der Waals surface area (Å²) in [6, 6.07) is 6.63. The van der Waals surface area contributed by atoms with Crippen molar-refractivity contribution in [3.05, 3.63) is 47.4 Å². The van der Waals surface area contributed by atoms with Gasteiger partial charge >= 0.3 is 0 Å². The van der Waals surface area contributed by atoms with Gasteiger partial charge in [-0.05, 0) is 29.8 Å². The summed E-state index contributed by atoms with van der Waals surface area (Å²) in [5.41, 5.74) is 3.52. The first-order valence-corrected chi connectivity index (χ1v) is 5.18. The number of halogens is 1. The highest BCUT2D eigenvalue weighted by Gasteiger charge is 1.98. The van der Waals surface area contributed by atoms with Gasteiger partial charge in [0.05, 0.1) is 6.21 Å². The lowest BCUT2D eigenvalue weighted by Gasteiger charge is -1.99. The summed E-state index contributed by atoms with van der Waals surface area (Å²) in [5.74, 6) is 0.608. The Morgan fingerprint density at radius 3 is 2.59 bits per heavy atom. The van der Waals surface area contributed by atoms with Gasteiger partial charge < -0.3 is 5.11 Å². The molecule has 5 nitrogen and oxygen atoms in total. The Morgan fingerprint density at radius 2 is 1.88 bits per heavy atom. The van der Waals surface area contributed by atoms with E-state index in [1.165, 1.54) is 12.4 Å². The summed E-state index contributed by atoms with van der Waals surface area (Å²) in [4.78, 5) is 7.81. The molecule has 1 aromatic carbocycles. The molecule has 1 aromatic heterocycles. The average Bonchev–Trinajstić information content (AvgIpc) is 2.34. The number of hydrazone groups is 1. The van der Waals surface area contributed by atoms with Crippen molar-refractivity contribution in [1.29, 1.82) is 0 Å². The topological polar surface area (TPSA) is 70.4 Å². The maximum Gasteiger partial charge on any atom is 0.184 e. The number of hydrogen-bond donors (Lipinski definition) is 2. The van der Waals surface area contributed by atoms with Gasteiger partial charge in [0.1, 0.15) is 5.75 Å². The van der Waals surface area contributed by atoms with Gasteiger partial charge in [0, 0.05) is 12.4 Å². The minimum absolute atomic E-state index is 0.215. The van der Waals surface area contributed by atoms with Crippen LogP contribution in [0.25, 0.3) is 0 Å². The Bertz CT molecular complexity index is 527. The predicted molar refractivity (Wildman–Crippen MR) is 66.4 cm³/mol. The molecular formula is C11H9ClN4O. The van der Waals surface area contributed by atoms with Crippen LogP contribution in [0.3, 0.4) is 0 Å². The molecular weight excluding hydrogens is 240 g/mol. The molecule has 17 heavy (non-hydrogen) atoms. The Balaban J connectivity index is 2.03. The number of aromatic nitrogens is 2. The van der Waals surface area contributed by atoms with Gasteiger partial charge in [-0.1, -0.05) is 11.6 Å². The van der Waals surface area contributed by atoms with Crippen molar-refractivity contribution in [2.75, 3.05) is 5.43 Å². The van der Waals surface area contributed by atoms with Crippen LogP contribution in [-0.2, 0) is 0 Å². The second-order valence-electron chi connectivity index (χ2n) is 3.16. The first kappa shape index (κ1) is 11.3. The highest BCUT2D eigenvalue weighted by Crippen LogP contribution is 2.13. The number of phenolic OH excluding ortho intramolecular Hbond substituents is 1. The number of nitrogens with one attached hydrogen (secondary N) is 1. The van der Waals surface area contributed by atoms with Crippen molar-refractivity contribution in [1.82, 2.24) is 9.97 Å². The molecule has 0 unspecified atom stereocenters. The summed E-state index contributed by atoms with van der Waals surface area (Å²) in [5, 5.41) is 13.3. The second-order valence-corrected chi connectivity index (χ2v) is 3.52. The molecule has 0 atom stereocenters. The molecule has 0 bridgehead atoms. The maximum atomic E-state index is 9.10. The zero-order chi connectivity index (χ0) is 12.1. The first-order valence-electron chi connectivity index (χ1n) is 4.80. The number of hydrogen-bond acceptors (Lipinski definition) is 5. The van der Waals surface area contributed by atoms with E-state index >= 15 is 0 Å². The summed E-state index contributed by atoms with van der Waals surface area (Å²) >= 11 is 5.78. The fraction of sp³-hybridized carbons (Fsp3) is 0. The lowest BCUT2D eigenvalue weighted by molar-refractivity contribution is 0.475. The zero-order valence-electron chi connectivity index (χ0n) is 8.71. The van der Waals surface area contributed by atoms with E-state index in [1.54, 1.807) is 30.5 Å². The number of rotatable bonds is 3. The molecule has 2 aromatic rings. The molecule has 6 heteroatoms. The number of benzene rings is 1. The number of anilines is 1. The van der Waals surface area contributed by atoms with Crippen molar-refractivity contribution >= 4 is 23.6 Å². The van der Waals surface area contributed by atoms with Gasteiger partial charge in [-0.25, -0.2) is 9.97 Å². The van der Waals surface area contributed by atoms with E-state index in [0.717, 1.165) is 5.56 Å². The monoisotopic (exact) mass is 248 g/mol. The lowest BCUT2D eigenvalue weighted by Crippen LogP contribution is -1.95. The van der Waals surface area contributed by atoms with Crippen molar-refractivity contribution in [3.8, 4) is 5.75 Å². The molecule has 0 aliphatic carbocycles. The minimum atomic E-state index is 0.215. The van der Waals surface area contributed by atoms with Gasteiger partial charge in [-0.3, -0.25) is 5.43 Å². The van der Waals surface area contributed by atoms with Crippen LogP contribution >= 0.6 is 11.6 Å². The average molecular weight is 249 g/mol. The van der Waals surface area contributed by atoms with E-state index in [2.05, 4.69) is 20.5 Å². The van der Waals surface area contributed by atoms with Crippen LogP contribution < -0.4 is 5.43 Å². The third-order valence-electron chi connectivity index (χ3n) is 1.93. The standard InChI is InChI=1S/C11H9ClN4O/c12-10-11(14-6-5-13-10)16-15-7-8-1-3-9(17)4-2-8/h1-7,17H,(H,14,16)/b15-7+. The van der Waals surface area contributed by atoms with Gasteiger partial charge in [0.15, 0.2) is 11.0 Å². The molecule has 0 aliphatic heterocycles. The van der Waals surface area contributed by atoms with E-state index in [-0.39, 0.29) is 10.9 Å². The quantitative estimate of drug-likeness (QED) is 0.646. The molecule has 2 N–H and O–H groups in total. The van der Waals surface area contributed by atoms with Gasteiger partial charge in [-0.2, -0.15) is 5.10 Å². The van der Waals surface area contributed by atoms with Crippen LogP contribution in [-0.4, -0.2) is 21.3 Å². The summed E-state index contributed by atoms with van der Waals surface area (Å²) in [6.07, 6.45) is 4.60. The smallest absolute Gasteiger partial charge is 0.184 e. The van der Waals surface area contributed by atoms with Crippen LogP contribution in [0.15, 0.2) is 41.8 Å². The number of nitrogens with zero attached hydrogens (tertiary/aromatic N) is 3. The van der Waals surface area contributed by atoms with Crippen LogP contribution in [0.4, 0.5) is 5.82 Å². The molecule has 2 rings (SSSR count). The molecule has 0 aliphatic rings. The summed E-state index contributed by atoms with van der Waals surface area (Å²) < 4.78 is 0. The first-order chi connectivity index (χ1) is 8.25. The third kappa shape index (κ3) is 3.15. The molecule has 0 saturated heterocycles. The van der Waals surface area contributed by atoms with Crippen molar-refractivity contribution in [3.63, 3.8) is 0 Å². The van der Waals surface area contributed by atoms with Gasteiger partial charge in [0.2, 0.25) is 0 Å². The lowest BCUT2D eigenvalue weighted by atomic mass is 10.2. The Hall–Kier alpha value is -2.14. The van der Waals surface area contributed by atoms with Crippen molar-refractivity contribution < 1.29 is 5.11 Å². The normalized spacial score (nSPS) is 10.6. The fourth-order valence-electron chi connectivity index (χ4n) is 1.12. The van der Waals surface area contributed by atoms with E-state index in [0.29, 0.717) is 5.82 Å². The van der Waals surface area contributed by atoms with Gasteiger partial charge in [-0.15, -0.1) is 0 Å². The summed E-state index contributed by atoms with van der Waals surface area (Å²) in [7, 11) is 0. The summed E-state index contributed by atoms with van der Waals surface area (Å²) in [6.45, 7) is 0. The molecule has 0 fully saturated rings. The number of aromatic hydroxyl groups is 1. The van der Waals surface area contributed by atoms with E-state index in [4.69, 9.17) is 16.7 Å². The maximum absolute atomic E-state index is 9.10. The van der Waals surface area contributed by atoms with Crippen LogP contribution in [0, 0.1) is 0 Å². The van der Waals surface area contributed by atoms with Crippen LogP contribution in [0.2, 0.25) is 5.15 Å². The molecule has 86 valence electrons. The van der Waals surface area contributed by atoms with Crippen molar-refractivity contribution in [2.45, 2.75) is 0 Å². The SMILES string of the molecule is Oc1ccc(/C=N/Nc2nccnc2Cl)cc1. The minimum Gasteiger partial charge on any atom is -0.508 e. The molecule has 0 radical (unpaired) electrons. The fourth-order valence-corrected chi connectivity index (χ4v) is 1.27. The second kappa shape index (κ2) is 5.27.